The van der Waals surface area contributed by atoms with E-state index in [9.17, 15) is 4.79 Å². The van der Waals surface area contributed by atoms with E-state index >= 15 is 0 Å². The van der Waals surface area contributed by atoms with Crippen molar-refractivity contribution in [2.75, 3.05) is 0 Å². The third-order valence-corrected chi connectivity index (χ3v) is 8.11. The molecule has 5 aliphatic carbocycles. The Morgan fingerprint density at radius 1 is 1.17 bits per heavy atom. The van der Waals surface area contributed by atoms with Gasteiger partial charge in [0, 0.05) is 15.8 Å². The molecular formula is C20H27NOS. The molecule has 0 aromatic carbocycles. The smallest absolute Gasteiger partial charge is 0.252 e. The van der Waals surface area contributed by atoms with Crippen molar-refractivity contribution < 1.29 is 4.79 Å². The van der Waals surface area contributed by atoms with Crippen LogP contribution in [-0.4, -0.2) is 11.4 Å². The Morgan fingerprint density at radius 2 is 1.83 bits per heavy atom. The van der Waals surface area contributed by atoms with E-state index < -0.39 is 0 Å². The summed E-state index contributed by atoms with van der Waals surface area (Å²) in [6.07, 6.45) is 11.5. The van der Waals surface area contributed by atoms with Gasteiger partial charge in [-0.3, -0.25) is 4.79 Å². The Labute approximate surface area is 143 Å². The van der Waals surface area contributed by atoms with Crippen molar-refractivity contribution in [3.05, 3.63) is 21.4 Å². The predicted molar refractivity (Wildman–Crippen MR) is 93.9 cm³/mol. The summed E-state index contributed by atoms with van der Waals surface area (Å²) in [5.74, 6) is 3.68. The van der Waals surface area contributed by atoms with Crippen LogP contribution in [0.5, 0.6) is 0 Å². The Kier molecular flexibility index (Phi) is 3.21. The molecule has 5 aliphatic rings. The highest BCUT2D eigenvalue weighted by Gasteiger charge is 2.51. The summed E-state index contributed by atoms with van der Waals surface area (Å²) in [7, 11) is 0. The van der Waals surface area contributed by atoms with Gasteiger partial charge in [0.25, 0.3) is 5.91 Å². The van der Waals surface area contributed by atoms with Crippen LogP contribution in [0.1, 0.15) is 72.7 Å². The molecule has 1 unspecified atom stereocenters. The van der Waals surface area contributed by atoms with Gasteiger partial charge >= 0.3 is 0 Å². The average Bonchev–Trinajstić information content (AvgIpc) is 2.88. The minimum atomic E-state index is 0.141. The lowest BCUT2D eigenvalue weighted by Gasteiger charge is -2.56. The minimum absolute atomic E-state index is 0.141. The van der Waals surface area contributed by atoms with Crippen LogP contribution in [0, 0.1) is 23.7 Å². The maximum absolute atomic E-state index is 13.0. The molecule has 0 saturated heterocycles. The zero-order chi connectivity index (χ0) is 15.6. The first kappa shape index (κ1) is 14.5. The van der Waals surface area contributed by atoms with Crippen molar-refractivity contribution in [2.24, 2.45) is 23.7 Å². The number of thiophene rings is 1. The summed E-state index contributed by atoms with van der Waals surface area (Å²) in [6, 6.07) is 0. The van der Waals surface area contributed by atoms with Crippen LogP contribution in [-0.2, 0) is 12.8 Å². The Balaban J connectivity index is 1.38. The summed E-state index contributed by atoms with van der Waals surface area (Å²) in [5.41, 5.74) is 2.52. The van der Waals surface area contributed by atoms with Crippen LogP contribution in [0.15, 0.2) is 5.38 Å². The highest BCUT2D eigenvalue weighted by Crippen LogP contribution is 2.55. The maximum atomic E-state index is 13.0. The molecule has 4 saturated carbocycles. The van der Waals surface area contributed by atoms with Crippen LogP contribution in [0.3, 0.4) is 0 Å². The van der Waals surface area contributed by atoms with Gasteiger partial charge in [0.1, 0.15) is 0 Å². The molecule has 1 atom stereocenters. The predicted octanol–water partition coefficient (Wildman–Crippen LogP) is 4.57. The summed E-state index contributed by atoms with van der Waals surface area (Å²) in [4.78, 5) is 14.5. The normalized spacial score (nSPS) is 40.9. The highest BCUT2D eigenvalue weighted by atomic mass is 32.1. The Morgan fingerprint density at radius 3 is 2.48 bits per heavy atom. The zero-order valence-corrected chi connectivity index (χ0v) is 14.9. The second-order valence-electron chi connectivity index (χ2n) is 9.05. The summed E-state index contributed by atoms with van der Waals surface area (Å²) >= 11 is 1.82. The molecule has 2 nitrogen and oxygen atoms in total. The molecule has 3 heteroatoms. The number of hydrogen-bond acceptors (Lipinski definition) is 2. The van der Waals surface area contributed by atoms with E-state index in [0.29, 0.717) is 0 Å². The fourth-order valence-corrected chi connectivity index (χ4v) is 7.68. The Bertz CT molecular complexity index is 611. The molecule has 1 aromatic heterocycles. The summed E-state index contributed by atoms with van der Waals surface area (Å²) in [5, 5.41) is 5.69. The van der Waals surface area contributed by atoms with Gasteiger partial charge in [-0.1, -0.05) is 6.92 Å². The Hall–Kier alpha value is -0.830. The molecule has 4 fully saturated rings. The van der Waals surface area contributed by atoms with Gasteiger partial charge < -0.3 is 5.32 Å². The second-order valence-corrected chi connectivity index (χ2v) is 10.0. The number of nitrogens with one attached hydrogen (secondary N) is 1. The molecule has 6 rings (SSSR count). The van der Waals surface area contributed by atoms with Crippen molar-refractivity contribution in [3.8, 4) is 0 Å². The number of fused-ring (bicyclic) bond motifs is 1. The van der Waals surface area contributed by atoms with Gasteiger partial charge in [0.2, 0.25) is 0 Å². The van der Waals surface area contributed by atoms with Crippen molar-refractivity contribution in [1.82, 2.24) is 5.32 Å². The fourth-order valence-electron chi connectivity index (χ4n) is 6.44. The molecule has 0 spiro atoms. The molecule has 1 amide bonds. The number of amides is 1. The molecule has 1 aromatic rings. The van der Waals surface area contributed by atoms with Crippen LogP contribution >= 0.6 is 11.3 Å². The van der Waals surface area contributed by atoms with E-state index in [1.165, 1.54) is 61.8 Å². The van der Waals surface area contributed by atoms with E-state index in [1.54, 1.807) is 0 Å². The first-order chi connectivity index (χ1) is 11.1. The topological polar surface area (TPSA) is 29.1 Å². The zero-order valence-electron chi connectivity index (χ0n) is 14.1. The molecule has 1 heterocycles. The van der Waals surface area contributed by atoms with Gasteiger partial charge in [-0.25, -0.2) is 0 Å². The van der Waals surface area contributed by atoms with Gasteiger partial charge in [-0.05, 0) is 87.0 Å². The van der Waals surface area contributed by atoms with E-state index in [0.717, 1.165) is 35.7 Å². The van der Waals surface area contributed by atoms with Gasteiger partial charge in [-0.15, -0.1) is 11.3 Å². The molecule has 23 heavy (non-hydrogen) atoms. The lowest BCUT2D eigenvalue weighted by molar-refractivity contribution is -0.0167. The molecule has 4 bridgehead atoms. The van der Waals surface area contributed by atoms with Gasteiger partial charge in [0.05, 0.1) is 5.56 Å². The van der Waals surface area contributed by atoms with Gasteiger partial charge in [0.15, 0.2) is 0 Å². The van der Waals surface area contributed by atoms with Crippen molar-refractivity contribution in [1.29, 1.82) is 0 Å². The second kappa shape index (κ2) is 5.08. The standard InChI is InChI=1S/C20H27NOS/c1-12-2-3-16-17(11-23-18(16)4-12)19(22)21-20-8-13-5-14(9-20)7-15(6-13)10-20/h11-15H,2-10H2,1H3,(H,21,22). The molecule has 0 radical (unpaired) electrons. The number of hydrogen-bond donors (Lipinski definition) is 1. The minimum Gasteiger partial charge on any atom is -0.347 e. The van der Waals surface area contributed by atoms with Crippen molar-refractivity contribution in [3.63, 3.8) is 0 Å². The first-order valence-corrected chi connectivity index (χ1v) is 10.4. The maximum Gasteiger partial charge on any atom is 0.252 e. The molecular weight excluding hydrogens is 302 g/mol. The third-order valence-electron chi connectivity index (χ3n) is 7.06. The van der Waals surface area contributed by atoms with Crippen molar-refractivity contribution in [2.45, 2.75) is 70.3 Å². The van der Waals surface area contributed by atoms with E-state index in [1.807, 2.05) is 11.3 Å². The van der Waals surface area contributed by atoms with Crippen LogP contribution in [0.4, 0.5) is 0 Å². The average molecular weight is 330 g/mol. The first-order valence-electron chi connectivity index (χ1n) is 9.52. The van der Waals surface area contributed by atoms with Crippen LogP contribution < -0.4 is 5.32 Å². The monoisotopic (exact) mass is 329 g/mol. The van der Waals surface area contributed by atoms with E-state index in [2.05, 4.69) is 17.6 Å². The lowest BCUT2D eigenvalue weighted by atomic mass is 9.53. The summed E-state index contributed by atoms with van der Waals surface area (Å²) in [6.45, 7) is 2.33. The van der Waals surface area contributed by atoms with Crippen LogP contribution in [0.25, 0.3) is 0 Å². The number of rotatable bonds is 2. The quantitative estimate of drug-likeness (QED) is 0.846. The van der Waals surface area contributed by atoms with Gasteiger partial charge in [-0.2, -0.15) is 0 Å². The lowest BCUT2D eigenvalue weighted by Crippen LogP contribution is -2.59. The number of carbonyl (C=O) groups is 1. The van der Waals surface area contributed by atoms with Crippen molar-refractivity contribution >= 4 is 17.2 Å². The SMILES string of the molecule is CC1CCc2c(C(=O)NC34CC5CC(CC(C5)C3)C4)csc2C1. The van der Waals surface area contributed by atoms with E-state index in [-0.39, 0.29) is 11.4 Å². The summed E-state index contributed by atoms with van der Waals surface area (Å²) < 4.78 is 0. The highest BCUT2D eigenvalue weighted by molar-refractivity contribution is 7.10. The third kappa shape index (κ3) is 2.38. The van der Waals surface area contributed by atoms with Crippen LogP contribution in [0.2, 0.25) is 0 Å². The molecule has 1 N–H and O–H groups in total. The molecule has 124 valence electrons. The van der Waals surface area contributed by atoms with E-state index in [4.69, 9.17) is 0 Å². The fraction of sp³-hybridized carbons (Fsp3) is 0.750. The molecule has 0 aliphatic heterocycles. The largest absolute Gasteiger partial charge is 0.347 e. The number of carbonyl (C=O) groups excluding carboxylic acids is 1.